The van der Waals surface area contributed by atoms with Crippen molar-refractivity contribution in [3.05, 3.63) is 58.1 Å². The van der Waals surface area contributed by atoms with Crippen LogP contribution in [0.1, 0.15) is 32.7 Å². The maximum Gasteiger partial charge on any atom is 0.262 e. The molecule has 3 rings (SSSR count). The number of nitrogens with one attached hydrogen (secondary N) is 1. The number of carbonyl (C=O) groups is 3. The highest BCUT2D eigenvalue weighted by Gasteiger charge is 2.42. The number of carbonyl (C=O) groups excluding carboxylic acids is 3. The quantitative estimate of drug-likeness (QED) is 0.529. The number of halogens is 1. The van der Waals surface area contributed by atoms with Crippen LogP contribution < -0.4 is 14.8 Å². The van der Waals surface area contributed by atoms with Crippen LogP contribution in [0.3, 0.4) is 0 Å². The summed E-state index contributed by atoms with van der Waals surface area (Å²) in [6.45, 7) is 0.285. The van der Waals surface area contributed by atoms with Gasteiger partial charge in [-0.3, -0.25) is 19.3 Å². The second kappa shape index (κ2) is 10.7. The van der Waals surface area contributed by atoms with E-state index in [0.717, 1.165) is 10.5 Å². The lowest BCUT2D eigenvalue weighted by molar-refractivity contribution is -0.125. The number of thioether (sulfide) groups is 1. The van der Waals surface area contributed by atoms with Gasteiger partial charge in [0, 0.05) is 6.54 Å². The van der Waals surface area contributed by atoms with Gasteiger partial charge < -0.3 is 14.8 Å². The summed E-state index contributed by atoms with van der Waals surface area (Å²) < 4.78 is 10.5. The largest absolute Gasteiger partial charge is 0.493 e. The molecule has 0 aliphatic carbocycles. The van der Waals surface area contributed by atoms with Gasteiger partial charge in [0.15, 0.2) is 11.5 Å². The van der Waals surface area contributed by atoms with Crippen LogP contribution >= 0.6 is 23.4 Å². The molecule has 3 amide bonds. The lowest BCUT2D eigenvalue weighted by Gasteiger charge is -2.25. The number of nitrogens with zero attached hydrogens (tertiary/aromatic N) is 1. The van der Waals surface area contributed by atoms with Crippen LogP contribution in [0, 0.1) is 0 Å². The lowest BCUT2D eigenvalue weighted by atomic mass is 10.1. The Morgan fingerprint density at radius 1 is 1.09 bits per heavy atom. The van der Waals surface area contributed by atoms with Crippen LogP contribution in [-0.4, -0.2) is 61.4 Å². The van der Waals surface area contributed by atoms with Crippen molar-refractivity contribution >= 4 is 41.1 Å². The highest BCUT2D eigenvalue weighted by atomic mass is 35.5. The minimum absolute atomic E-state index is 0.285. The summed E-state index contributed by atoms with van der Waals surface area (Å²) in [5.74, 6) is 0.345. The second-order valence-electron chi connectivity index (χ2n) is 7.14. The number of rotatable bonds is 10. The molecule has 0 radical (unpaired) electrons. The van der Waals surface area contributed by atoms with E-state index in [2.05, 4.69) is 5.32 Å². The molecule has 1 atom stereocenters. The topological polar surface area (TPSA) is 84.9 Å². The number of hydrogen-bond donors (Lipinski definition) is 1. The number of amides is 3. The Balaban J connectivity index is 1.72. The summed E-state index contributed by atoms with van der Waals surface area (Å²) in [7, 11) is 3.04. The first-order valence-corrected chi connectivity index (χ1v) is 11.8. The Labute approximate surface area is 196 Å². The summed E-state index contributed by atoms with van der Waals surface area (Å²) in [4.78, 5) is 39.8. The smallest absolute Gasteiger partial charge is 0.262 e. The molecule has 0 aromatic heterocycles. The maximum atomic E-state index is 13.0. The fourth-order valence-corrected chi connectivity index (χ4v) is 4.45. The molecular formula is C23H25ClN2O5S. The Hall–Kier alpha value is -2.71. The molecule has 0 saturated carbocycles. The number of imide groups is 1. The maximum absolute atomic E-state index is 13.0. The van der Waals surface area contributed by atoms with E-state index in [4.69, 9.17) is 21.1 Å². The van der Waals surface area contributed by atoms with Crippen molar-refractivity contribution < 1.29 is 23.9 Å². The molecule has 170 valence electrons. The first-order valence-electron chi connectivity index (χ1n) is 10.1. The molecule has 1 aliphatic heterocycles. The number of methoxy groups -OCH3 is 2. The van der Waals surface area contributed by atoms with Gasteiger partial charge in [0.2, 0.25) is 5.91 Å². The Kier molecular flexibility index (Phi) is 8.04. The van der Waals surface area contributed by atoms with E-state index in [1.165, 1.54) is 14.2 Å². The van der Waals surface area contributed by atoms with Gasteiger partial charge in [-0.1, -0.05) is 29.8 Å². The average Bonchev–Trinajstić information content (AvgIpc) is 3.05. The predicted molar refractivity (Wildman–Crippen MR) is 125 cm³/mol. The summed E-state index contributed by atoms with van der Waals surface area (Å²) in [5, 5.41) is 3.27. The molecular weight excluding hydrogens is 452 g/mol. The van der Waals surface area contributed by atoms with Crippen LogP contribution in [-0.2, 0) is 11.2 Å². The van der Waals surface area contributed by atoms with Crippen LogP contribution in [0.4, 0.5) is 0 Å². The van der Waals surface area contributed by atoms with Crippen molar-refractivity contribution in [3.63, 3.8) is 0 Å². The van der Waals surface area contributed by atoms with Crippen LogP contribution in [0.5, 0.6) is 11.5 Å². The molecule has 1 aliphatic rings. The summed E-state index contributed by atoms with van der Waals surface area (Å²) >= 11 is 7.96. The molecule has 9 heteroatoms. The van der Waals surface area contributed by atoms with E-state index in [1.807, 2.05) is 12.3 Å². The van der Waals surface area contributed by atoms with Crippen molar-refractivity contribution in [1.82, 2.24) is 10.2 Å². The van der Waals surface area contributed by atoms with Gasteiger partial charge in [0.25, 0.3) is 11.8 Å². The van der Waals surface area contributed by atoms with Crippen molar-refractivity contribution in [2.24, 2.45) is 0 Å². The van der Waals surface area contributed by atoms with Crippen LogP contribution in [0.15, 0.2) is 36.4 Å². The van der Waals surface area contributed by atoms with E-state index in [0.29, 0.717) is 46.2 Å². The third-order valence-electron chi connectivity index (χ3n) is 5.29. The molecule has 1 heterocycles. The summed E-state index contributed by atoms with van der Waals surface area (Å²) in [6.07, 6.45) is 2.73. The van der Waals surface area contributed by atoms with E-state index < -0.39 is 17.9 Å². The molecule has 0 bridgehead atoms. The zero-order valence-corrected chi connectivity index (χ0v) is 19.7. The van der Waals surface area contributed by atoms with Gasteiger partial charge in [-0.05, 0) is 48.6 Å². The number of fused-ring (bicyclic) bond motifs is 1. The molecule has 0 spiro atoms. The standard InChI is InChI=1S/C23H25ClN2O5S/c1-30-18-9-8-14(19(24)20(18)31-2)10-12-25-21(27)17(11-13-32-3)26-22(28)15-6-4-5-7-16(15)23(26)29/h4-9,17H,10-13H2,1-3H3,(H,25,27). The van der Waals surface area contributed by atoms with Gasteiger partial charge in [0.1, 0.15) is 6.04 Å². The van der Waals surface area contributed by atoms with E-state index in [1.54, 1.807) is 42.1 Å². The molecule has 1 unspecified atom stereocenters. The van der Waals surface area contributed by atoms with Gasteiger partial charge >= 0.3 is 0 Å². The Bertz CT molecular complexity index is 994. The van der Waals surface area contributed by atoms with Gasteiger partial charge in [0.05, 0.1) is 30.4 Å². The Morgan fingerprint density at radius 3 is 2.31 bits per heavy atom. The molecule has 1 N–H and O–H groups in total. The summed E-state index contributed by atoms with van der Waals surface area (Å²) in [5.41, 5.74) is 1.44. The van der Waals surface area contributed by atoms with Crippen molar-refractivity contribution in [3.8, 4) is 11.5 Å². The average molecular weight is 477 g/mol. The summed E-state index contributed by atoms with van der Waals surface area (Å²) in [6, 6.07) is 9.31. The third-order valence-corrected chi connectivity index (χ3v) is 6.35. The molecule has 7 nitrogen and oxygen atoms in total. The number of hydrogen-bond acceptors (Lipinski definition) is 6. The molecule has 0 fully saturated rings. The first kappa shape index (κ1) is 23.9. The highest BCUT2D eigenvalue weighted by Crippen LogP contribution is 2.37. The normalized spacial score (nSPS) is 13.7. The Morgan fingerprint density at radius 2 is 1.75 bits per heavy atom. The van der Waals surface area contributed by atoms with Crippen molar-refractivity contribution in [2.75, 3.05) is 32.8 Å². The van der Waals surface area contributed by atoms with Gasteiger partial charge in [-0.25, -0.2) is 0 Å². The lowest BCUT2D eigenvalue weighted by Crippen LogP contribution is -2.50. The fourth-order valence-electron chi connectivity index (χ4n) is 3.66. The minimum atomic E-state index is -0.879. The van der Waals surface area contributed by atoms with E-state index in [9.17, 15) is 14.4 Å². The SMILES string of the molecule is COc1ccc(CCNC(=O)C(CCSC)N2C(=O)c3ccccc3C2=O)c(Cl)c1OC. The minimum Gasteiger partial charge on any atom is -0.493 e. The molecule has 0 saturated heterocycles. The van der Waals surface area contributed by atoms with Crippen LogP contribution in [0.25, 0.3) is 0 Å². The molecule has 2 aromatic rings. The zero-order chi connectivity index (χ0) is 23.3. The zero-order valence-electron chi connectivity index (χ0n) is 18.1. The second-order valence-corrected chi connectivity index (χ2v) is 8.50. The third kappa shape index (κ3) is 4.71. The monoisotopic (exact) mass is 476 g/mol. The fraction of sp³-hybridized carbons (Fsp3) is 0.348. The predicted octanol–water partition coefficient (Wildman–Crippen LogP) is 3.43. The highest BCUT2D eigenvalue weighted by molar-refractivity contribution is 7.98. The van der Waals surface area contributed by atoms with Crippen molar-refractivity contribution in [1.29, 1.82) is 0 Å². The van der Waals surface area contributed by atoms with Crippen LogP contribution in [0.2, 0.25) is 5.02 Å². The number of ether oxygens (including phenoxy) is 2. The van der Waals surface area contributed by atoms with Gasteiger partial charge in [-0.15, -0.1) is 0 Å². The molecule has 32 heavy (non-hydrogen) atoms. The van der Waals surface area contributed by atoms with Gasteiger partial charge in [-0.2, -0.15) is 11.8 Å². The first-order chi connectivity index (χ1) is 15.4. The number of benzene rings is 2. The molecule has 2 aromatic carbocycles. The van der Waals surface area contributed by atoms with E-state index >= 15 is 0 Å². The van der Waals surface area contributed by atoms with E-state index in [-0.39, 0.29) is 12.5 Å². The van der Waals surface area contributed by atoms with Crippen molar-refractivity contribution in [2.45, 2.75) is 18.9 Å².